The minimum absolute atomic E-state index is 0.418. The number of nitrogen functional groups attached to an aromatic ring is 1. The Morgan fingerprint density at radius 3 is 2.14 bits per heavy atom. The highest BCUT2D eigenvalue weighted by Crippen LogP contribution is 2.38. The number of hydrogen-bond donors (Lipinski definition) is 2. The van der Waals surface area contributed by atoms with Gasteiger partial charge < -0.3 is 10.2 Å². The molecule has 7 nitrogen and oxygen atoms in total. The number of pyridine rings is 1. The average Bonchev–Trinajstić information content (AvgIpc) is 2.32. The van der Waals surface area contributed by atoms with Gasteiger partial charge in [-0.1, -0.05) is 0 Å². The number of rotatable bonds is 4. The molecular formula is C8H6F6N4O3. The first-order chi connectivity index (χ1) is 9.46. The topological polar surface area (TPSA) is 103 Å². The SMILES string of the molecule is NNc1ccc([N+](=O)[O-])c(OC(C(F)(F)F)C(F)(F)F)n1. The molecule has 0 saturated carbocycles. The van der Waals surface area contributed by atoms with Gasteiger partial charge in [0, 0.05) is 6.07 Å². The van der Waals surface area contributed by atoms with E-state index < -0.39 is 40.8 Å². The second-order valence-electron chi connectivity index (χ2n) is 3.50. The molecule has 0 amide bonds. The molecule has 0 aliphatic heterocycles. The van der Waals surface area contributed by atoms with Gasteiger partial charge >= 0.3 is 18.0 Å². The molecule has 1 aromatic heterocycles. The van der Waals surface area contributed by atoms with Gasteiger partial charge in [-0.05, 0) is 6.07 Å². The first-order valence-corrected chi connectivity index (χ1v) is 4.89. The van der Waals surface area contributed by atoms with Crippen molar-refractivity contribution < 1.29 is 36.0 Å². The van der Waals surface area contributed by atoms with Crippen molar-refractivity contribution in [3.63, 3.8) is 0 Å². The van der Waals surface area contributed by atoms with Crippen LogP contribution in [-0.2, 0) is 0 Å². The first-order valence-electron chi connectivity index (χ1n) is 4.89. The van der Waals surface area contributed by atoms with E-state index in [1.807, 2.05) is 5.43 Å². The zero-order valence-electron chi connectivity index (χ0n) is 9.70. The molecule has 0 unspecified atom stereocenters. The number of ether oxygens (including phenoxy) is 1. The van der Waals surface area contributed by atoms with Crippen molar-refractivity contribution in [3.8, 4) is 5.88 Å². The van der Waals surface area contributed by atoms with Gasteiger partial charge in [-0.2, -0.15) is 31.3 Å². The molecule has 0 spiro atoms. The van der Waals surface area contributed by atoms with Crippen LogP contribution >= 0.6 is 0 Å². The van der Waals surface area contributed by atoms with E-state index in [-0.39, 0.29) is 0 Å². The molecule has 21 heavy (non-hydrogen) atoms. The Bertz CT molecular complexity index is 518. The zero-order chi connectivity index (χ0) is 16.4. The zero-order valence-corrected chi connectivity index (χ0v) is 9.70. The van der Waals surface area contributed by atoms with Crippen molar-refractivity contribution in [1.82, 2.24) is 4.98 Å². The lowest BCUT2D eigenvalue weighted by Crippen LogP contribution is -2.46. The van der Waals surface area contributed by atoms with Gasteiger partial charge in [-0.25, -0.2) is 5.84 Å². The standard InChI is InChI=1S/C8H6F6N4O3/c9-7(10,11)6(8(12,13)14)21-5-3(18(19)20)1-2-4(16-5)17-15/h1-2,6H,15H2,(H,16,17). The van der Waals surface area contributed by atoms with Crippen LogP contribution in [0.2, 0.25) is 0 Å². The lowest BCUT2D eigenvalue weighted by atomic mass is 10.3. The number of alkyl halides is 6. The molecule has 0 aromatic carbocycles. The first kappa shape index (κ1) is 16.7. The summed E-state index contributed by atoms with van der Waals surface area (Å²) in [6.07, 6.45) is -15.9. The highest BCUT2D eigenvalue weighted by atomic mass is 19.4. The second-order valence-corrected chi connectivity index (χ2v) is 3.50. The summed E-state index contributed by atoms with van der Waals surface area (Å²) in [5.41, 5.74) is 0.634. The quantitative estimate of drug-likeness (QED) is 0.381. The van der Waals surface area contributed by atoms with Crippen molar-refractivity contribution in [2.75, 3.05) is 5.43 Å². The Labute approximate surface area is 111 Å². The van der Waals surface area contributed by atoms with E-state index in [0.717, 1.165) is 6.07 Å². The summed E-state index contributed by atoms with van der Waals surface area (Å²) in [4.78, 5) is 12.4. The van der Waals surface area contributed by atoms with E-state index in [1.54, 1.807) is 0 Å². The summed E-state index contributed by atoms with van der Waals surface area (Å²) in [5, 5.41) is 10.6. The van der Waals surface area contributed by atoms with Crippen molar-refractivity contribution in [3.05, 3.63) is 22.2 Å². The molecule has 1 heterocycles. The number of hydrazine groups is 1. The third kappa shape index (κ3) is 4.08. The van der Waals surface area contributed by atoms with Crippen LogP contribution in [0, 0.1) is 10.1 Å². The number of nitrogens with one attached hydrogen (secondary N) is 1. The summed E-state index contributed by atoms with van der Waals surface area (Å²) >= 11 is 0. The number of aromatic nitrogens is 1. The Hall–Kier alpha value is -2.31. The summed E-state index contributed by atoms with van der Waals surface area (Å²) in [7, 11) is 0. The van der Waals surface area contributed by atoms with Crippen LogP contribution in [-0.4, -0.2) is 28.4 Å². The summed E-state index contributed by atoms with van der Waals surface area (Å²) < 4.78 is 77.7. The van der Waals surface area contributed by atoms with Gasteiger partial charge in [0.2, 0.25) is 0 Å². The lowest BCUT2D eigenvalue weighted by Gasteiger charge is -2.23. The Balaban J connectivity index is 3.28. The molecule has 1 rings (SSSR count). The predicted octanol–water partition coefficient (Wildman–Crippen LogP) is 2.15. The summed E-state index contributed by atoms with van der Waals surface area (Å²) in [6, 6.07) is 1.47. The minimum atomic E-state index is -5.83. The molecule has 0 fully saturated rings. The van der Waals surface area contributed by atoms with E-state index in [0.29, 0.717) is 6.07 Å². The van der Waals surface area contributed by atoms with Crippen LogP contribution in [0.1, 0.15) is 0 Å². The molecule has 0 radical (unpaired) electrons. The van der Waals surface area contributed by atoms with Gasteiger partial charge in [0.25, 0.3) is 12.0 Å². The van der Waals surface area contributed by atoms with Gasteiger partial charge in [0.05, 0.1) is 4.92 Å². The molecular weight excluding hydrogens is 314 g/mol. The van der Waals surface area contributed by atoms with E-state index >= 15 is 0 Å². The van der Waals surface area contributed by atoms with Crippen LogP contribution in [0.15, 0.2) is 12.1 Å². The highest BCUT2D eigenvalue weighted by Gasteiger charge is 2.59. The molecule has 0 aliphatic rings. The van der Waals surface area contributed by atoms with Gasteiger partial charge in [-0.3, -0.25) is 10.1 Å². The average molecular weight is 320 g/mol. The van der Waals surface area contributed by atoms with E-state index in [4.69, 9.17) is 5.84 Å². The number of anilines is 1. The van der Waals surface area contributed by atoms with Crippen molar-refractivity contribution in [1.29, 1.82) is 0 Å². The molecule has 0 aliphatic carbocycles. The fourth-order valence-electron chi connectivity index (χ4n) is 1.17. The number of nitrogens with zero attached hydrogens (tertiary/aromatic N) is 2. The Morgan fingerprint density at radius 1 is 1.24 bits per heavy atom. The van der Waals surface area contributed by atoms with Gasteiger partial charge in [0.15, 0.2) is 0 Å². The second kappa shape index (κ2) is 5.59. The number of halogens is 6. The third-order valence-corrected chi connectivity index (χ3v) is 2.01. The van der Waals surface area contributed by atoms with Crippen molar-refractivity contribution in [2.24, 2.45) is 5.84 Å². The molecule has 0 saturated heterocycles. The van der Waals surface area contributed by atoms with Crippen LogP contribution in [0.4, 0.5) is 37.8 Å². The summed E-state index contributed by atoms with van der Waals surface area (Å²) in [6.45, 7) is 0. The fraction of sp³-hybridized carbons (Fsp3) is 0.375. The van der Waals surface area contributed by atoms with E-state index in [1.165, 1.54) is 0 Å². The van der Waals surface area contributed by atoms with E-state index in [9.17, 15) is 36.5 Å². The molecule has 0 bridgehead atoms. The van der Waals surface area contributed by atoms with Gasteiger partial charge in [0.1, 0.15) is 5.82 Å². The van der Waals surface area contributed by atoms with Gasteiger partial charge in [-0.15, -0.1) is 0 Å². The molecule has 1 aromatic rings. The maximum absolute atomic E-state index is 12.3. The smallest absolute Gasteiger partial charge is 0.434 e. The highest BCUT2D eigenvalue weighted by molar-refractivity contribution is 5.48. The Kier molecular flexibility index (Phi) is 4.46. The number of nitrogens with two attached hydrogens (primary N) is 1. The van der Waals surface area contributed by atoms with Crippen LogP contribution in [0.25, 0.3) is 0 Å². The lowest BCUT2D eigenvalue weighted by molar-refractivity contribution is -0.387. The molecule has 3 N–H and O–H groups in total. The third-order valence-electron chi connectivity index (χ3n) is 2.01. The normalized spacial score (nSPS) is 12.4. The number of nitro groups is 1. The molecule has 0 atom stereocenters. The monoisotopic (exact) mass is 320 g/mol. The van der Waals surface area contributed by atoms with E-state index in [2.05, 4.69) is 9.72 Å². The Morgan fingerprint density at radius 2 is 1.76 bits per heavy atom. The van der Waals surface area contributed by atoms with Crippen LogP contribution < -0.4 is 16.0 Å². The predicted molar refractivity (Wildman–Crippen MR) is 55.2 cm³/mol. The van der Waals surface area contributed by atoms with Crippen LogP contribution in [0.5, 0.6) is 5.88 Å². The van der Waals surface area contributed by atoms with Crippen molar-refractivity contribution >= 4 is 11.5 Å². The summed E-state index contributed by atoms with van der Waals surface area (Å²) in [5.74, 6) is 2.98. The maximum atomic E-state index is 12.3. The fourth-order valence-corrected chi connectivity index (χ4v) is 1.17. The molecule has 13 heteroatoms. The largest absolute Gasteiger partial charge is 0.450 e. The van der Waals surface area contributed by atoms with Crippen molar-refractivity contribution in [2.45, 2.75) is 18.5 Å². The minimum Gasteiger partial charge on any atom is -0.450 e. The molecule has 118 valence electrons. The maximum Gasteiger partial charge on any atom is 0.434 e. The number of hydrogen-bond acceptors (Lipinski definition) is 6. The van der Waals surface area contributed by atoms with Crippen LogP contribution in [0.3, 0.4) is 0 Å².